The lowest BCUT2D eigenvalue weighted by Crippen LogP contribution is -2.11. The van der Waals surface area contributed by atoms with Gasteiger partial charge in [0, 0.05) is 17.7 Å². The normalized spacial score (nSPS) is 23.6. The SMILES string of the molecule is CN1[C@H](C(=O)c2ccccc2)[C@H]1c1ccc([N+](=O)[O-])cc1. The molecular weight excluding hydrogens is 268 g/mol. The molecule has 5 nitrogen and oxygen atoms in total. The summed E-state index contributed by atoms with van der Waals surface area (Å²) >= 11 is 0. The maximum atomic E-state index is 12.4. The van der Waals surface area contributed by atoms with E-state index in [1.54, 1.807) is 24.3 Å². The Bertz CT molecular complexity index is 682. The van der Waals surface area contributed by atoms with Crippen LogP contribution < -0.4 is 0 Å². The Labute approximate surface area is 122 Å². The second-order valence-corrected chi connectivity index (χ2v) is 5.13. The molecule has 0 saturated carbocycles. The number of rotatable bonds is 4. The van der Waals surface area contributed by atoms with Crippen molar-refractivity contribution in [1.29, 1.82) is 0 Å². The molecule has 1 heterocycles. The highest BCUT2D eigenvalue weighted by Crippen LogP contribution is 2.43. The molecule has 1 unspecified atom stereocenters. The number of carbonyl (C=O) groups excluding carboxylic acids is 1. The van der Waals surface area contributed by atoms with Crippen molar-refractivity contribution >= 4 is 11.5 Å². The Kier molecular flexibility index (Phi) is 3.27. The van der Waals surface area contributed by atoms with Crippen LogP contribution in [0.5, 0.6) is 0 Å². The molecule has 0 bridgehead atoms. The van der Waals surface area contributed by atoms with Crippen molar-refractivity contribution in [3.05, 3.63) is 75.8 Å². The van der Waals surface area contributed by atoms with E-state index in [-0.39, 0.29) is 23.6 Å². The maximum absolute atomic E-state index is 12.4. The van der Waals surface area contributed by atoms with Gasteiger partial charge < -0.3 is 0 Å². The molecule has 1 fully saturated rings. The van der Waals surface area contributed by atoms with Crippen molar-refractivity contribution in [3.63, 3.8) is 0 Å². The number of benzene rings is 2. The standard InChI is InChI=1S/C16H14N2O3/c1-17-14(11-7-9-13(10-8-11)18(20)21)15(17)16(19)12-5-3-2-4-6-12/h2-10,14-15H,1H3/t14-,15+,17?/m1/s1. The Morgan fingerprint density at radius 3 is 2.29 bits per heavy atom. The number of hydrogen-bond donors (Lipinski definition) is 0. The second-order valence-electron chi connectivity index (χ2n) is 5.13. The predicted octanol–water partition coefficient (Wildman–Crippen LogP) is 2.83. The number of ketones is 1. The lowest BCUT2D eigenvalue weighted by Gasteiger charge is -1.99. The van der Waals surface area contributed by atoms with Crippen LogP contribution in [-0.2, 0) is 0 Å². The van der Waals surface area contributed by atoms with Crippen molar-refractivity contribution in [2.45, 2.75) is 12.1 Å². The smallest absolute Gasteiger partial charge is 0.269 e. The summed E-state index contributed by atoms with van der Waals surface area (Å²) in [5.41, 5.74) is 1.68. The number of hydrogen-bond acceptors (Lipinski definition) is 4. The van der Waals surface area contributed by atoms with Crippen molar-refractivity contribution in [1.82, 2.24) is 4.90 Å². The molecule has 3 atom stereocenters. The van der Waals surface area contributed by atoms with E-state index in [4.69, 9.17) is 0 Å². The zero-order valence-electron chi connectivity index (χ0n) is 11.5. The first kappa shape index (κ1) is 13.5. The summed E-state index contributed by atoms with van der Waals surface area (Å²) in [6.45, 7) is 0. The number of likely N-dealkylation sites (N-methyl/N-ethyl adjacent to an activating group) is 1. The van der Waals surface area contributed by atoms with Crippen LogP contribution in [0.15, 0.2) is 54.6 Å². The van der Waals surface area contributed by atoms with Gasteiger partial charge in [0.05, 0.1) is 17.0 Å². The number of non-ortho nitro benzene ring substituents is 1. The van der Waals surface area contributed by atoms with Crippen molar-refractivity contribution < 1.29 is 9.72 Å². The van der Waals surface area contributed by atoms with Gasteiger partial charge in [-0.25, -0.2) is 0 Å². The fourth-order valence-corrected chi connectivity index (χ4v) is 2.65. The Hall–Kier alpha value is -2.53. The summed E-state index contributed by atoms with van der Waals surface area (Å²) in [6, 6.07) is 15.4. The van der Waals surface area contributed by atoms with E-state index in [1.165, 1.54) is 12.1 Å². The largest absolute Gasteiger partial charge is 0.292 e. The number of Topliss-reactive ketones (excluding diaryl/α,β-unsaturated/α-hetero) is 1. The van der Waals surface area contributed by atoms with Gasteiger partial charge in [0.2, 0.25) is 0 Å². The monoisotopic (exact) mass is 282 g/mol. The van der Waals surface area contributed by atoms with E-state index in [0.717, 1.165) is 5.56 Å². The molecule has 0 N–H and O–H groups in total. The molecule has 1 saturated heterocycles. The average Bonchev–Trinajstić information content (AvgIpc) is 3.18. The summed E-state index contributed by atoms with van der Waals surface area (Å²) in [5, 5.41) is 10.7. The number of carbonyl (C=O) groups is 1. The third-order valence-corrected chi connectivity index (χ3v) is 3.86. The van der Waals surface area contributed by atoms with Crippen LogP contribution >= 0.6 is 0 Å². The third kappa shape index (κ3) is 2.43. The lowest BCUT2D eigenvalue weighted by molar-refractivity contribution is -0.384. The Morgan fingerprint density at radius 2 is 1.71 bits per heavy atom. The molecule has 5 heteroatoms. The molecule has 1 aliphatic rings. The molecule has 0 radical (unpaired) electrons. The first-order chi connectivity index (χ1) is 10.1. The van der Waals surface area contributed by atoms with E-state index in [1.807, 2.05) is 30.1 Å². The molecule has 0 spiro atoms. The molecular formula is C16H14N2O3. The van der Waals surface area contributed by atoms with E-state index < -0.39 is 4.92 Å². The van der Waals surface area contributed by atoms with E-state index in [0.29, 0.717) is 5.56 Å². The van der Waals surface area contributed by atoms with Gasteiger partial charge in [-0.05, 0) is 12.6 Å². The summed E-state index contributed by atoms with van der Waals surface area (Å²) in [7, 11) is 1.89. The number of nitrogens with zero attached hydrogens (tertiary/aromatic N) is 2. The molecule has 0 amide bonds. The van der Waals surface area contributed by atoms with E-state index >= 15 is 0 Å². The third-order valence-electron chi connectivity index (χ3n) is 3.86. The molecule has 2 aromatic rings. The molecule has 0 aromatic heterocycles. The van der Waals surface area contributed by atoms with Gasteiger partial charge in [-0.2, -0.15) is 0 Å². The van der Waals surface area contributed by atoms with Gasteiger partial charge in [0.1, 0.15) is 0 Å². The fourth-order valence-electron chi connectivity index (χ4n) is 2.65. The quantitative estimate of drug-likeness (QED) is 0.374. The summed E-state index contributed by atoms with van der Waals surface area (Å²) in [5.74, 6) is 0.0847. The van der Waals surface area contributed by atoms with Gasteiger partial charge in [-0.3, -0.25) is 19.8 Å². The summed E-state index contributed by atoms with van der Waals surface area (Å²) < 4.78 is 0. The highest BCUT2D eigenvalue weighted by atomic mass is 16.6. The fraction of sp³-hybridized carbons (Fsp3) is 0.188. The Balaban J connectivity index is 1.79. The van der Waals surface area contributed by atoms with Gasteiger partial charge in [-0.15, -0.1) is 0 Å². The lowest BCUT2D eigenvalue weighted by atomic mass is 10.0. The minimum absolute atomic E-state index is 0.00138. The summed E-state index contributed by atoms with van der Waals surface area (Å²) in [4.78, 5) is 24.6. The number of nitro groups is 1. The van der Waals surface area contributed by atoms with Crippen LogP contribution in [0.4, 0.5) is 5.69 Å². The molecule has 106 valence electrons. The van der Waals surface area contributed by atoms with Crippen molar-refractivity contribution in [3.8, 4) is 0 Å². The zero-order valence-corrected chi connectivity index (χ0v) is 11.5. The minimum Gasteiger partial charge on any atom is -0.292 e. The van der Waals surface area contributed by atoms with Crippen molar-refractivity contribution in [2.75, 3.05) is 7.05 Å². The van der Waals surface area contributed by atoms with Crippen LogP contribution in [0.1, 0.15) is 22.0 Å². The maximum Gasteiger partial charge on any atom is 0.269 e. The molecule has 1 aliphatic heterocycles. The van der Waals surface area contributed by atoms with Crippen LogP contribution in [0.25, 0.3) is 0 Å². The van der Waals surface area contributed by atoms with Crippen LogP contribution in [-0.4, -0.2) is 28.7 Å². The Morgan fingerprint density at radius 1 is 1.10 bits per heavy atom. The average molecular weight is 282 g/mol. The highest BCUT2D eigenvalue weighted by Gasteiger charge is 2.50. The molecule has 3 rings (SSSR count). The topological polar surface area (TPSA) is 63.2 Å². The highest BCUT2D eigenvalue weighted by molar-refractivity contribution is 6.02. The van der Waals surface area contributed by atoms with Gasteiger partial charge in [0.25, 0.3) is 5.69 Å². The first-order valence-corrected chi connectivity index (χ1v) is 6.65. The van der Waals surface area contributed by atoms with Gasteiger partial charge in [-0.1, -0.05) is 42.5 Å². The van der Waals surface area contributed by atoms with Gasteiger partial charge >= 0.3 is 0 Å². The van der Waals surface area contributed by atoms with E-state index in [2.05, 4.69) is 0 Å². The summed E-state index contributed by atoms with van der Waals surface area (Å²) in [6.07, 6.45) is 0. The molecule has 21 heavy (non-hydrogen) atoms. The molecule has 2 aromatic carbocycles. The first-order valence-electron chi connectivity index (χ1n) is 6.65. The predicted molar refractivity (Wildman–Crippen MR) is 78.2 cm³/mol. The zero-order chi connectivity index (χ0) is 15.0. The van der Waals surface area contributed by atoms with Crippen LogP contribution in [0.2, 0.25) is 0 Å². The van der Waals surface area contributed by atoms with Crippen LogP contribution in [0, 0.1) is 10.1 Å². The van der Waals surface area contributed by atoms with Crippen molar-refractivity contribution in [2.24, 2.45) is 0 Å². The second kappa shape index (κ2) is 5.10. The minimum atomic E-state index is -0.424. The van der Waals surface area contributed by atoms with E-state index in [9.17, 15) is 14.9 Å². The van der Waals surface area contributed by atoms with Crippen LogP contribution in [0.3, 0.4) is 0 Å². The number of nitro benzene ring substituents is 1. The van der Waals surface area contributed by atoms with Gasteiger partial charge in [0.15, 0.2) is 5.78 Å². The molecule has 0 aliphatic carbocycles.